The number of hydrogen-bond acceptors (Lipinski definition) is 5. The Morgan fingerprint density at radius 2 is 1.84 bits per heavy atom. The summed E-state index contributed by atoms with van der Waals surface area (Å²) in [6.45, 7) is 3.70. The van der Waals surface area contributed by atoms with Crippen molar-refractivity contribution < 1.29 is 13.5 Å². The number of fused-ring (bicyclic) bond motifs is 1. The first-order valence-corrected chi connectivity index (χ1v) is 12.5. The van der Waals surface area contributed by atoms with E-state index in [0.717, 1.165) is 36.1 Å². The van der Waals surface area contributed by atoms with Crippen LogP contribution in [0.15, 0.2) is 48.5 Å². The fraction of sp³-hybridized carbons (Fsp3) is 0.458. The zero-order valence-electron chi connectivity index (χ0n) is 17.8. The second kappa shape index (κ2) is 9.09. The van der Waals surface area contributed by atoms with Crippen molar-refractivity contribution in [2.75, 3.05) is 32.0 Å². The van der Waals surface area contributed by atoms with Crippen molar-refractivity contribution in [1.29, 1.82) is 5.26 Å². The highest BCUT2D eigenvalue weighted by molar-refractivity contribution is 7.89. The lowest BCUT2D eigenvalue weighted by Crippen LogP contribution is -2.67. The first-order valence-electron chi connectivity index (χ1n) is 10.9. The summed E-state index contributed by atoms with van der Waals surface area (Å²) in [7, 11) is -3.24. The van der Waals surface area contributed by atoms with Crippen LogP contribution in [0, 0.1) is 11.3 Å². The van der Waals surface area contributed by atoms with E-state index < -0.39 is 10.0 Å². The molecule has 2 fully saturated rings. The molecule has 2 aromatic rings. The topological polar surface area (TPSA) is 84.6 Å². The molecule has 31 heavy (non-hydrogen) atoms. The van der Waals surface area contributed by atoms with E-state index in [9.17, 15) is 13.5 Å². The molecule has 2 saturated heterocycles. The molecule has 0 unspecified atom stereocenters. The van der Waals surface area contributed by atoms with Crippen LogP contribution in [-0.4, -0.2) is 66.8 Å². The Morgan fingerprint density at radius 3 is 2.52 bits per heavy atom. The molecule has 0 aliphatic carbocycles. The quantitative estimate of drug-likeness (QED) is 0.774. The normalized spacial score (nSPS) is 25.0. The number of nitriles is 1. The Hall–Kier alpha value is -2.24. The third-order valence-corrected chi connectivity index (χ3v) is 8.56. The van der Waals surface area contributed by atoms with Gasteiger partial charge in [-0.1, -0.05) is 36.4 Å². The van der Waals surface area contributed by atoms with Crippen LogP contribution in [0.4, 0.5) is 0 Å². The van der Waals surface area contributed by atoms with Gasteiger partial charge in [-0.2, -0.15) is 5.26 Å². The molecule has 0 aromatic heterocycles. The van der Waals surface area contributed by atoms with Crippen LogP contribution in [0.2, 0.25) is 0 Å². The van der Waals surface area contributed by atoms with Crippen LogP contribution in [0.3, 0.4) is 0 Å². The third kappa shape index (κ3) is 4.26. The summed E-state index contributed by atoms with van der Waals surface area (Å²) in [4.78, 5) is 2.28. The second-order valence-electron chi connectivity index (χ2n) is 8.36. The number of aliphatic hydroxyl groups is 1. The van der Waals surface area contributed by atoms with Crippen molar-refractivity contribution in [1.82, 2.24) is 9.21 Å². The van der Waals surface area contributed by atoms with E-state index in [4.69, 9.17) is 5.26 Å². The van der Waals surface area contributed by atoms with Crippen LogP contribution >= 0.6 is 0 Å². The molecule has 7 heteroatoms. The predicted molar refractivity (Wildman–Crippen MR) is 121 cm³/mol. The molecule has 2 aliphatic rings. The highest BCUT2D eigenvalue weighted by Gasteiger charge is 2.49. The average molecular weight is 440 g/mol. The molecule has 0 saturated carbocycles. The molecular weight excluding hydrogens is 410 g/mol. The van der Waals surface area contributed by atoms with Crippen molar-refractivity contribution in [3.8, 4) is 17.2 Å². The van der Waals surface area contributed by atoms with E-state index in [1.807, 2.05) is 30.3 Å². The van der Waals surface area contributed by atoms with Gasteiger partial charge in [-0.3, -0.25) is 4.90 Å². The summed E-state index contributed by atoms with van der Waals surface area (Å²) in [5, 5.41) is 19.2. The fourth-order valence-corrected chi connectivity index (χ4v) is 6.16. The van der Waals surface area contributed by atoms with Gasteiger partial charge in [0.25, 0.3) is 0 Å². The number of benzene rings is 2. The first-order chi connectivity index (χ1) is 15.0. The monoisotopic (exact) mass is 439 g/mol. The van der Waals surface area contributed by atoms with Crippen molar-refractivity contribution in [3.05, 3.63) is 59.7 Å². The second-order valence-corrected chi connectivity index (χ2v) is 10.6. The number of nitrogens with zero attached hydrogens (tertiary/aromatic N) is 3. The van der Waals surface area contributed by atoms with E-state index in [-0.39, 0.29) is 30.4 Å². The van der Waals surface area contributed by atoms with Gasteiger partial charge in [0, 0.05) is 31.1 Å². The smallest absolute Gasteiger partial charge is 0.213 e. The Morgan fingerprint density at radius 1 is 1.10 bits per heavy atom. The highest BCUT2D eigenvalue weighted by atomic mass is 32.2. The minimum Gasteiger partial charge on any atom is -0.395 e. The minimum atomic E-state index is -3.24. The van der Waals surface area contributed by atoms with Gasteiger partial charge in [-0.15, -0.1) is 0 Å². The van der Waals surface area contributed by atoms with Crippen molar-refractivity contribution in [2.24, 2.45) is 0 Å². The molecule has 2 aromatic carbocycles. The van der Waals surface area contributed by atoms with Crippen molar-refractivity contribution in [3.63, 3.8) is 0 Å². The SMILES string of the molecule is CCS(=O)(=O)N1CCCCN2[C@H](CO)[C@H](c3ccc(-c4cccc(C#N)c4)cc3)[C@@H]2C1. The summed E-state index contributed by atoms with van der Waals surface area (Å²) in [5.74, 6) is 0.210. The van der Waals surface area contributed by atoms with Crippen LogP contribution in [0.1, 0.15) is 36.8 Å². The number of rotatable bonds is 5. The molecule has 6 nitrogen and oxygen atoms in total. The maximum Gasteiger partial charge on any atom is 0.213 e. The Bertz CT molecular complexity index is 1060. The van der Waals surface area contributed by atoms with Gasteiger partial charge in [0.2, 0.25) is 10.0 Å². The van der Waals surface area contributed by atoms with E-state index in [1.54, 1.807) is 17.3 Å². The van der Waals surface area contributed by atoms with Crippen molar-refractivity contribution >= 4 is 10.0 Å². The zero-order valence-corrected chi connectivity index (χ0v) is 18.6. The lowest BCUT2D eigenvalue weighted by Gasteiger charge is -2.57. The number of hydrogen-bond donors (Lipinski definition) is 1. The van der Waals surface area contributed by atoms with Gasteiger partial charge in [-0.05, 0) is 55.1 Å². The Labute approximate surface area is 184 Å². The minimum absolute atomic E-state index is 0.0158. The molecule has 2 heterocycles. The molecule has 0 amide bonds. The van der Waals surface area contributed by atoms with Crippen LogP contribution in [-0.2, 0) is 10.0 Å². The van der Waals surface area contributed by atoms with Gasteiger partial charge in [0.15, 0.2) is 0 Å². The van der Waals surface area contributed by atoms with Crippen molar-refractivity contribution in [2.45, 2.75) is 37.8 Å². The number of aliphatic hydroxyl groups excluding tert-OH is 1. The van der Waals surface area contributed by atoms with Gasteiger partial charge >= 0.3 is 0 Å². The van der Waals surface area contributed by atoms with Crippen LogP contribution in [0.25, 0.3) is 11.1 Å². The molecular formula is C24H29N3O3S. The first kappa shape index (κ1) is 22.0. The van der Waals surface area contributed by atoms with Gasteiger partial charge < -0.3 is 5.11 Å². The molecule has 0 bridgehead atoms. The Kier molecular flexibility index (Phi) is 6.44. The summed E-state index contributed by atoms with van der Waals surface area (Å²) in [5.41, 5.74) is 3.77. The van der Waals surface area contributed by atoms with Crippen LogP contribution < -0.4 is 0 Å². The Balaban J connectivity index is 1.60. The maximum absolute atomic E-state index is 12.6. The molecule has 164 valence electrons. The standard InChI is InChI=1S/C24H29N3O3S/c1-2-31(29,30)26-12-3-4-13-27-22(16-26)24(23(27)17-28)20-10-8-19(9-11-20)21-7-5-6-18(14-21)15-25/h5-11,14,22-24,28H,2-4,12-13,16-17H2,1H3/t22-,23+,24+/m0/s1. The number of sulfonamides is 1. The van der Waals surface area contributed by atoms with Gasteiger partial charge in [0.1, 0.15) is 0 Å². The fourth-order valence-electron chi connectivity index (χ4n) is 5.01. The van der Waals surface area contributed by atoms with Crippen LogP contribution in [0.5, 0.6) is 0 Å². The molecule has 1 N–H and O–H groups in total. The largest absolute Gasteiger partial charge is 0.395 e. The zero-order chi connectivity index (χ0) is 22.0. The third-order valence-electron chi connectivity index (χ3n) is 6.71. The predicted octanol–water partition coefficient (Wildman–Crippen LogP) is 2.80. The summed E-state index contributed by atoms with van der Waals surface area (Å²) in [6, 6.07) is 18.0. The lowest BCUT2D eigenvalue weighted by molar-refractivity contribution is -0.0553. The van der Waals surface area contributed by atoms with E-state index in [0.29, 0.717) is 18.7 Å². The summed E-state index contributed by atoms with van der Waals surface area (Å²) >= 11 is 0. The van der Waals surface area contributed by atoms with E-state index in [2.05, 4.69) is 23.1 Å². The summed E-state index contributed by atoms with van der Waals surface area (Å²) in [6.07, 6.45) is 1.78. The van der Waals surface area contributed by atoms with Gasteiger partial charge in [0.05, 0.1) is 24.0 Å². The van der Waals surface area contributed by atoms with Gasteiger partial charge in [-0.25, -0.2) is 12.7 Å². The molecule has 0 radical (unpaired) electrons. The molecule has 2 aliphatic heterocycles. The van der Waals surface area contributed by atoms with E-state index >= 15 is 0 Å². The van der Waals surface area contributed by atoms with E-state index in [1.165, 1.54) is 0 Å². The molecule has 0 spiro atoms. The molecule has 4 rings (SSSR count). The lowest BCUT2D eigenvalue weighted by atomic mass is 9.74. The maximum atomic E-state index is 12.6. The highest BCUT2D eigenvalue weighted by Crippen LogP contribution is 2.42. The summed E-state index contributed by atoms with van der Waals surface area (Å²) < 4.78 is 26.8. The molecule has 3 atom stereocenters. The average Bonchev–Trinajstić information content (AvgIpc) is 2.78.